The Morgan fingerprint density at radius 1 is 1.18 bits per heavy atom. The van der Waals surface area contributed by atoms with Crippen molar-refractivity contribution in [3.63, 3.8) is 0 Å². The molecule has 0 heterocycles. The first-order chi connectivity index (χ1) is 5.04. The Morgan fingerprint density at radius 2 is 1.64 bits per heavy atom. The normalized spacial score (nSPS) is 13.5. The van der Waals surface area contributed by atoms with Crippen molar-refractivity contribution in [3.05, 3.63) is 0 Å². The van der Waals surface area contributed by atoms with Crippen LogP contribution in [0, 0.1) is 0 Å². The first-order valence-corrected chi connectivity index (χ1v) is 6.06. The van der Waals surface area contributed by atoms with Gasteiger partial charge in [-0.3, -0.25) is 0 Å². The monoisotopic (exact) mass is 224 g/mol. The van der Waals surface area contributed by atoms with Crippen LogP contribution in [-0.2, 0) is 38.0 Å². The molecule has 6 nitrogen and oxygen atoms in total. The van der Waals surface area contributed by atoms with Crippen LogP contribution in [0.25, 0.3) is 0 Å². The molecule has 8 heteroatoms. The van der Waals surface area contributed by atoms with Crippen LogP contribution in [0.4, 0.5) is 0 Å². The van der Waals surface area contributed by atoms with Gasteiger partial charge in [0, 0.05) is 0 Å². The van der Waals surface area contributed by atoms with Gasteiger partial charge < -0.3 is 0 Å². The van der Waals surface area contributed by atoms with Crippen LogP contribution in [0.5, 0.6) is 0 Å². The summed E-state index contributed by atoms with van der Waals surface area (Å²) in [7, 11) is 3.25. The van der Waals surface area contributed by atoms with Crippen LogP contribution in [0.2, 0.25) is 0 Å². The van der Waals surface area contributed by atoms with E-state index < -0.39 is 16.8 Å². The fraction of sp³-hybridized carbons (Fsp3) is 1.00. The van der Waals surface area contributed by atoms with E-state index in [1.54, 1.807) is 0 Å². The molecule has 0 aliphatic heterocycles. The number of hydrogen-bond donors (Lipinski definition) is 0. The molecule has 0 radical (unpaired) electrons. The Labute approximate surface area is 71.5 Å². The molecule has 0 unspecified atom stereocenters. The molecule has 0 aromatic rings. The quantitative estimate of drug-likeness (QED) is 0.389. The molecular weight excluding hydrogens is 215 g/mol. The van der Waals surface area contributed by atoms with Gasteiger partial charge in [-0.15, -0.1) is 0 Å². The molecule has 0 rings (SSSR count). The van der Waals surface area contributed by atoms with Gasteiger partial charge in [-0.25, -0.2) is 0 Å². The number of rotatable bonds is 5. The molecule has 0 saturated heterocycles. The molecular formula is C3H9ClO6Ti. The summed E-state index contributed by atoms with van der Waals surface area (Å²) < 4.78 is 28.4. The second-order valence-electron chi connectivity index (χ2n) is 1.57. The van der Waals surface area contributed by atoms with Gasteiger partial charge in [-0.05, 0) is 0 Å². The van der Waals surface area contributed by atoms with Crippen LogP contribution in [0.3, 0.4) is 0 Å². The van der Waals surface area contributed by atoms with Gasteiger partial charge in [-0.2, -0.15) is 0 Å². The third-order valence-corrected chi connectivity index (χ3v) is 5.21. The average Bonchev–Trinajstić information content (AvgIpc) is 2.06. The fourth-order valence-electron chi connectivity index (χ4n) is 0.363. The summed E-state index contributed by atoms with van der Waals surface area (Å²) in [5, 5.41) is 0. The number of halogens is 1. The fourth-order valence-corrected chi connectivity index (χ4v) is 2.12. The van der Waals surface area contributed by atoms with E-state index in [4.69, 9.17) is 11.9 Å². The van der Waals surface area contributed by atoms with Crippen molar-refractivity contribution in [2.45, 2.75) is 0 Å². The van der Waals surface area contributed by atoms with E-state index in [1.807, 2.05) is 0 Å². The van der Waals surface area contributed by atoms with Crippen LogP contribution < -0.4 is 0 Å². The molecule has 0 aliphatic rings. The van der Waals surface area contributed by atoms with Crippen molar-refractivity contribution in [1.82, 2.24) is 0 Å². The first kappa shape index (κ1) is 11.6. The van der Waals surface area contributed by atoms with Gasteiger partial charge >= 0.3 is 71.2 Å². The third-order valence-electron chi connectivity index (χ3n) is 1.01. The first-order valence-electron chi connectivity index (χ1n) is 2.57. The second-order valence-corrected chi connectivity index (χ2v) is 6.58. The molecule has 0 saturated carbocycles. The van der Waals surface area contributed by atoms with E-state index in [0.717, 1.165) is 21.3 Å². The summed E-state index contributed by atoms with van der Waals surface area (Å²) in [5.74, 6) is 0. The molecule has 0 bridgehead atoms. The SMILES string of the molecule is CO[O][Ti](=[O])([O]C)([O]C)[O]Cl. The van der Waals surface area contributed by atoms with E-state index in [-0.39, 0.29) is 0 Å². The summed E-state index contributed by atoms with van der Waals surface area (Å²) in [6.45, 7) is 0. The summed E-state index contributed by atoms with van der Waals surface area (Å²) in [6.07, 6.45) is 0. The Morgan fingerprint density at radius 3 is 1.73 bits per heavy atom. The predicted molar refractivity (Wildman–Crippen MR) is 29.7 cm³/mol. The zero-order valence-electron chi connectivity index (χ0n) is 6.33. The van der Waals surface area contributed by atoms with Gasteiger partial charge in [0.1, 0.15) is 0 Å². The molecule has 0 spiro atoms. The van der Waals surface area contributed by atoms with Crippen LogP contribution >= 0.6 is 11.9 Å². The Hall–Kier alpha value is 0.604. The van der Waals surface area contributed by atoms with Crippen molar-refractivity contribution in [2.75, 3.05) is 21.3 Å². The third kappa shape index (κ3) is 2.53. The minimum absolute atomic E-state index is 1.06. The molecule has 0 aromatic heterocycles. The van der Waals surface area contributed by atoms with Gasteiger partial charge in [0.2, 0.25) is 0 Å². The Balaban J connectivity index is 4.60. The van der Waals surface area contributed by atoms with Crippen LogP contribution in [0.15, 0.2) is 0 Å². The topological polar surface area (TPSA) is 63.2 Å². The van der Waals surface area contributed by atoms with E-state index in [0.29, 0.717) is 0 Å². The summed E-state index contributed by atoms with van der Waals surface area (Å²) in [6, 6.07) is 0. The summed E-state index contributed by atoms with van der Waals surface area (Å²) in [5.41, 5.74) is 0. The zero-order valence-corrected chi connectivity index (χ0v) is 8.64. The standard InChI is InChI=1S/CH4O2.2CH3O.ClO.O.Ti/c1-3-2;3*1-2;;/h2H,1H3;2*1H3;;;/q;3*-1;;+4/p-1. The molecule has 0 atom stereocenters. The maximum absolute atomic E-state index is 11.4. The van der Waals surface area contributed by atoms with Gasteiger partial charge in [0.05, 0.1) is 0 Å². The van der Waals surface area contributed by atoms with E-state index >= 15 is 0 Å². The molecule has 0 aromatic carbocycles. The molecule has 0 amide bonds. The van der Waals surface area contributed by atoms with E-state index in [2.05, 4.69) is 17.9 Å². The maximum atomic E-state index is 11.4. The van der Waals surface area contributed by atoms with Gasteiger partial charge in [-0.1, -0.05) is 0 Å². The molecule has 0 fully saturated rings. The van der Waals surface area contributed by atoms with Gasteiger partial charge in [0.25, 0.3) is 0 Å². The van der Waals surface area contributed by atoms with Crippen LogP contribution in [0.1, 0.15) is 0 Å². The second kappa shape index (κ2) is 4.02. The molecule has 68 valence electrons. The van der Waals surface area contributed by atoms with Crippen molar-refractivity contribution >= 4 is 11.9 Å². The van der Waals surface area contributed by atoms with Crippen molar-refractivity contribution < 1.29 is 38.0 Å². The summed E-state index contributed by atoms with van der Waals surface area (Å²) >= 11 is -0.700. The zero-order chi connectivity index (χ0) is 8.98. The van der Waals surface area contributed by atoms with E-state index in [1.165, 1.54) is 0 Å². The predicted octanol–water partition coefficient (Wildman–Crippen LogP) is 0.723. The Kier molecular flexibility index (Phi) is 4.24. The molecule has 11 heavy (non-hydrogen) atoms. The molecule has 0 aliphatic carbocycles. The van der Waals surface area contributed by atoms with Crippen LogP contribution in [-0.4, -0.2) is 21.3 Å². The minimum atomic E-state index is -5.56. The van der Waals surface area contributed by atoms with Crippen molar-refractivity contribution in [1.29, 1.82) is 0 Å². The average molecular weight is 224 g/mol. The van der Waals surface area contributed by atoms with Crippen molar-refractivity contribution in [3.8, 4) is 0 Å². The Bertz CT molecular complexity index is 159. The summed E-state index contributed by atoms with van der Waals surface area (Å²) in [4.78, 5) is 4.10. The van der Waals surface area contributed by atoms with E-state index in [9.17, 15) is 3.32 Å². The molecule has 0 N–H and O–H groups in total. The number of hydrogen-bond acceptors (Lipinski definition) is 6. The van der Waals surface area contributed by atoms with Gasteiger partial charge in [0.15, 0.2) is 0 Å². The van der Waals surface area contributed by atoms with Crippen molar-refractivity contribution in [2.24, 2.45) is 0 Å².